The molecule has 3 rings (SSSR count). The molecule has 130 valence electrons. The Balaban J connectivity index is 2.39. The molecule has 0 saturated heterocycles. The van der Waals surface area contributed by atoms with Crippen molar-refractivity contribution < 1.29 is 28.8 Å². The van der Waals surface area contributed by atoms with Crippen molar-refractivity contribution in [3.8, 4) is 40.1 Å². The van der Waals surface area contributed by atoms with Gasteiger partial charge in [0, 0.05) is 18.2 Å². The van der Waals surface area contributed by atoms with Gasteiger partial charge in [0.15, 0.2) is 5.76 Å². The molecule has 0 aliphatic rings. The van der Waals surface area contributed by atoms with Crippen molar-refractivity contribution in [3.05, 3.63) is 40.6 Å². The van der Waals surface area contributed by atoms with E-state index in [0.717, 1.165) is 6.07 Å². The van der Waals surface area contributed by atoms with Crippen LogP contribution < -0.4 is 19.6 Å². The van der Waals surface area contributed by atoms with Crippen LogP contribution in [0.5, 0.6) is 28.7 Å². The van der Waals surface area contributed by atoms with Gasteiger partial charge in [-0.3, -0.25) is 4.79 Å². The molecule has 2 N–H and O–H groups in total. The smallest absolute Gasteiger partial charge is 0.239 e. The number of hydrogen-bond acceptors (Lipinski definition) is 7. The maximum atomic E-state index is 12.7. The minimum atomic E-state index is -0.561. The molecule has 0 amide bonds. The molecule has 0 saturated carbocycles. The van der Waals surface area contributed by atoms with E-state index >= 15 is 0 Å². The second-order valence-electron chi connectivity index (χ2n) is 5.20. The van der Waals surface area contributed by atoms with Gasteiger partial charge in [0.25, 0.3) is 0 Å². The first kappa shape index (κ1) is 16.5. The summed E-state index contributed by atoms with van der Waals surface area (Å²) < 4.78 is 21.5. The first-order valence-electron chi connectivity index (χ1n) is 7.29. The highest BCUT2D eigenvalue weighted by molar-refractivity contribution is 5.88. The first-order valence-corrected chi connectivity index (χ1v) is 7.29. The summed E-state index contributed by atoms with van der Waals surface area (Å²) in [6.45, 7) is 0. The van der Waals surface area contributed by atoms with Gasteiger partial charge in [-0.1, -0.05) is 0 Å². The zero-order chi connectivity index (χ0) is 18.1. The highest BCUT2D eigenvalue weighted by Crippen LogP contribution is 2.40. The molecule has 3 aromatic rings. The van der Waals surface area contributed by atoms with E-state index in [1.54, 1.807) is 18.2 Å². The quantitative estimate of drug-likeness (QED) is 0.751. The maximum absolute atomic E-state index is 12.7. The van der Waals surface area contributed by atoms with Crippen molar-refractivity contribution in [2.75, 3.05) is 21.3 Å². The summed E-state index contributed by atoms with van der Waals surface area (Å²) in [5, 5.41) is 19.6. The van der Waals surface area contributed by atoms with Crippen LogP contribution in [-0.2, 0) is 0 Å². The van der Waals surface area contributed by atoms with E-state index in [0.29, 0.717) is 17.1 Å². The van der Waals surface area contributed by atoms with E-state index in [1.165, 1.54) is 27.4 Å². The largest absolute Gasteiger partial charge is 0.508 e. The van der Waals surface area contributed by atoms with Crippen LogP contribution in [-0.4, -0.2) is 31.5 Å². The number of aromatic hydroxyl groups is 2. The fourth-order valence-corrected chi connectivity index (χ4v) is 2.62. The monoisotopic (exact) mass is 344 g/mol. The van der Waals surface area contributed by atoms with Gasteiger partial charge in [-0.2, -0.15) is 0 Å². The number of benzene rings is 2. The summed E-state index contributed by atoms with van der Waals surface area (Å²) in [6, 6.07) is 7.29. The zero-order valence-corrected chi connectivity index (χ0v) is 13.8. The number of ether oxygens (including phenoxy) is 3. The van der Waals surface area contributed by atoms with Gasteiger partial charge in [-0.25, -0.2) is 0 Å². The highest BCUT2D eigenvalue weighted by atomic mass is 16.5. The fourth-order valence-electron chi connectivity index (χ4n) is 2.62. The van der Waals surface area contributed by atoms with Gasteiger partial charge in [0.2, 0.25) is 11.2 Å². The summed E-state index contributed by atoms with van der Waals surface area (Å²) in [5.41, 5.74) is -0.0766. The second-order valence-corrected chi connectivity index (χ2v) is 5.20. The fraction of sp³-hybridized carbons (Fsp3) is 0.167. The lowest BCUT2D eigenvalue weighted by Gasteiger charge is -2.13. The molecule has 1 aromatic heterocycles. The number of hydrogen-bond donors (Lipinski definition) is 2. The Kier molecular flexibility index (Phi) is 4.14. The number of methoxy groups -OCH3 is 3. The summed E-state index contributed by atoms with van der Waals surface area (Å²) >= 11 is 0. The Morgan fingerprint density at radius 1 is 0.960 bits per heavy atom. The molecule has 2 aromatic carbocycles. The molecule has 0 radical (unpaired) electrons. The van der Waals surface area contributed by atoms with E-state index in [-0.39, 0.29) is 28.2 Å². The van der Waals surface area contributed by atoms with Crippen LogP contribution in [0.2, 0.25) is 0 Å². The number of phenols is 2. The van der Waals surface area contributed by atoms with Gasteiger partial charge in [-0.15, -0.1) is 0 Å². The number of fused-ring (bicyclic) bond motifs is 1. The Hall–Kier alpha value is -3.35. The van der Waals surface area contributed by atoms with Gasteiger partial charge >= 0.3 is 0 Å². The third-order valence-electron chi connectivity index (χ3n) is 3.78. The number of rotatable bonds is 4. The lowest BCUT2D eigenvalue weighted by molar-refractivity contribution is 0.387. The van der Waals surface area contributed by atoms with Crippen LogP contribution in [0.1, 0.15) is 0 Å². The van der Waals surface area contributed by atoms with E-state index in [9.17, 15) is 15.0 Å². The molecule has 0 fully saturated rings. The van der Waals surface area contributed by atoms with E-state index < -0.39 is 11.2 Å². The van der Waals surface area contributed by atoms with Crippen LogP contribution >= 0.6 is 0 Å². The van der Waals surface area contributed by atoms with Crippen molar-refractivity contribution in [1.82, 2.24) is 0 Å². The Morgan fingerprint density at radius 3 is 2.36 bits per heavy atom. The molecule has 0 bridgehead atoms. The van der Waals surface area contributed by atoms with Gasteiger partial charge in [-0.05, 0) is 12.1 Å². The Bertz CT molecular complexity index is 1000. The third kappa shape index (κ3) is 2.69. The summed E-state index contributed by atoms with van der Waals surface area (Å²) in [7, 11) is 4.33. The van der Waals surface area contributed by atoms with Crippen LogP contribution in [0.25, 0.3) is 22.3 Å². The molecule has 7 nitrogen and oxygen atoms in total. The van der Waals surface area contributed by atoms with Crippen molar-refractivity contribution in [2.24, 2.45) is 0 Å². The molecule has 1 heterocycles. The first-order chi connectivity index (χ1) is 12.0. The summed E-state index contributed by atoms with van der Waals surface area (Å²) in [6.07, 6.45) is 0. The number of phenolic OH excluding ortho intramolecular Hbond substituents is 2. The highest BCUT2D eigenvalue weighted by Gasteiger charge is 2.22. The van der Waals surface area contributed by atoms with Crippen LogP contribution in [0, 0.1) is 0 Å². The summed E-state index contributed by atoms with van der Waals surface area (Å²) in [5.74, 6) is 0.380. The lowest BCUT2D eigenvalue weighted by Crippen LogP contribution is -2.08. The van der Waals surface area contributed by atoms with E-state index in [2.05, 4.69) is 0 Å². The average Bonchev–Trinajstić information content (AvgIpc) is 2.60. The minimum Gasteiger partial charge on any atom is -0.508 e. The minimum absolute atomic E-state index is 0.0242. The van der Waals surface area contributed by atoms with Crippen molar-refractivity contribution in [2.45, 2.75) is 0 Å². The molecule has 0 atom stereocenters. The molecule has 0 aliphatic heterocycles. The van der Waals surface area contributed by atoms with Crippen LogP contribution in [0.15, 0.2) is 39.5 Å². The summed E-state index contributed by atoms with van der Waals surface area (Å²) in [4.78, 5) is 12.7. The van der Waals surface area contributed by atoms with Crippen molar-refractivity contribution >= 4 is 11.0 Å². The van der Waals surface area contributed by atoms with Gasteiger partial charge in [0.1, 0.15) is 34.0 Å². The molecule has 0 aliphatic carbocycles. The molecule has 0 spiro atoms. The maximum Gasteiger partial charge on any atom is 0.239 e. The lowest BCUT2D eigenvalue weighted by atomic mass is 10.1. The van der Waals surface area contributed by atoms with Gasteiger partial charge < -0.3 is 28.8 Å². The molecular formula is C18H16O7. The SMILES string of the molecule is COc1ccc(-c2oc3cc(O)cc(O)c3c(=O)c2OC)c(OC)c1. The zero-order valence-electron chi connectivity index (χ0n) is 13.8. The molecule has 25 heavy (non-hydrogen) atoms. The molecular weight excluding hydrogens is 328 g/mol. The van der Waals surface area contributed by atoms with Crippen molar-refractivity contribution in [1.29, 1.82) is 0 Å². The van der Waals surface area contributed by atoms with Crippen LogP contribution in [0.3, 0.4) is 0 Å². The topological polar surface area (TPSA) is 98.4 Å². The average molecular weight is 344 g/mol. The predicted octanol–water partition coefficient (Wildman–Crippen LogP) is 2.90. The third-order valence-corrected chi connectivity index (χ3v) is 3.78. The van der Waals surface area contributed by atoms with Gasteiger partial charge in [0.05, 0.1) is 26.9 Å². The molecule has 0 unspecified atom stereocenters. The standard InChI is InChI=1S/C18H16O7/c1-22-10-4-5-11(13(8-10)23-2)17-18(24-3)16(21)15-12(20)6-9(19)7-14(15)25-17/h4-8,19-20H,1-3H3. The second kappa shape index (κ2) is 6.27. The van der Waals surface area contributed by atoms with E-state index in [1.807, 2.05) is 0 Å². The van der Waals surface area contributed by atoms with Crippen molar-refractivity contribution in [3.63, 3.8) is 0 Å². The Morgan fingerprint density at radius 2 is 1.72 bits per heavy atom. The van der Waals surface area contributed by atoms with Crippen LogP contribution in [0.4, 0.5) is 0 Å². The predicted molar refractivity (Wildman–Crippen MR) is 90.9 cm³/mol. The van der Waals surface area contributed by atoms with E-state index in [4.69, 9.17) is 18.6 Å². The molecule has 7 heteroatoms. The Labute approximate surface area is 142 Å². The normalized spacial score (nSPS) is 10.7.